The molecule has 3 heteroatoms. The topological polar surface area (TPSA) is 24.9 Å². The van der Waals surface area contributed by atoms with Gasteiger partial charge in [-0.3, -0.25) is 4.98 Å². The maximum Gasteiger partial charge on any atom is 0.0737 e. The van der Waals surface area contributed by atoms with E-state index in [0.717, 1.165) is 22.5 Å². The number of halogens is 1. The van der Waals surface area contributed by atoms with Gasteiger partial charge in [0.05, 0.1) is 5.52 Å². The van der Waals surface area contributed by atoms with Gasteiger partial charge in [-0.25, -0.2) is 0 Å². The van der Waals surface area contributed by atoms with E-state index < -0.39 is 0 Å². The molecule has 0 bridgehead atoms. The number of nitrogens with zero attached hydrogens (tertiary/aromatic N) is 1. The zero-order valence-corrected chi connectivity index (χ0v) is 12.0. The third-order valence-electron chi connectivity index (χ3n) is 4.52. The van der Waals surface area contributed by atoms with E-state index >= 15 is 0 Å². The fraction of sp³-hybridized carbons (Fsp3) is 0.438. The Morgan fingerprint density at radius 1 is 1.32 bits per heavy atom. The lowest BCUT2D eigenvalue weighted by Crippen LogP contribution is -2.35. The Bertz CT molecular complexity index is 585. The fourth-order valence-electron chi connectivity index (χ4n) is 2.89. The average Bonchev–Trinajstić information content (AvgIpc) is 2.37. The minimum atomic E-state index is 0.516. The lowest BCUT2D eigenvalue weighted by molar-refractivity contribution is 0.145. The molecule has 3 rings (SSSR count). The molecule has 1 heterocycles. The third kappa shape index (κ3) is 2.42. The maximum atomic E-state index is 6.01. The first kappa shape index (κ1) is 12.7. The van der Waals surface area contributed by atoms with Crippen molar-refractivity contribution in [2.45, 2.75) is 32.6 Å². The molecule has 0 atom stereocenters. The molecule has 2 nitrogen and oxygen atoms in total. The van der Waals surface area contributed by atoms with Crippen molar-refractivity contribution in [3.8, 4) is 0 Å². The minimum Gasteiger partial charge on any atom is -0.384 e. The van der Waals surface area contributed by atoms with Crippen molar-refractivity contribution in [2.75, 3.05) is 11.9 Å². The summed E-state index contributed by atoms with van der Waals surface area (Å²) in [5, 5.41) is 5.51. The van der Waals surface area contributed by atoms with E-state index in [9.17, 15) is 0 Å². The summed E-state index contributed by atoms with van der Waals surface area (Å²) in [6.45, 7) is 3.36. The second-order valence-electron chi connectivity index (χ2n) is 5.58. The van der Waals surface area contributed by atoms with Crippen LogP contribution in [0.3, 0.4) is 0 Å². The minimum absolute atomic E-state index is 0.516. The second kappa shape index (κ2) is 5.01. The summed E-state index contributed by atoms with van der Waals surface area (Å²) in [7, 11) is 0. The number of benzene rings is 1. The number of aromatic nitrogens is 1. The van der Waals surface area contributed by atoms with Crippen LogP contribution in [0.1, 0.15) is 32.6 Å². The van der Waals surface area contributed by atoms with Crippen LogP contribution in [-0.4, -0.2) is 11.5 Å². The number of hydrogen-bond acceptors (Lipinski definition) is 2. The zero-order valence-electron chi connectivity index (χ0n) is 11.2. The van der Waals surface area contributed by atoms with Crippen LogP contribution in [0.4, 0.5) is 5.69 Å². The molecular weight excluding hydrogens is 256 g/mol. The van der Waals surface area contributed by atoms with Crippen molar-refractivity contribution in [2.24, 2.45) is 5.41 Å². The SMILES string of the molecule is CCC1(CNc2ccnc3cc(Cl)ccc23)CCC1. The first-order valence-electron chi connectivity index (χ1n) is 7.01. The van der Waals surface area contributed by atoms with E-state index in [1.54, 1.807) is 0 Å². The van der Waals surface area contributed by atoms with Crippen molar-refractivity contribution in [1.29, 1.82) is 0 Å². The van der Waals surface area contributed by atoms with Crippen molar-refractivity contribution in [3.63, 3.8) is 0 Å². The first-order chi connectivity index (χ1) is 9.22. The fourth-order valence-corrected chi connectivity index (χ4v) is 3.06. The monoisotopic (exact) mass is 274 g/mol. The van der Waals surface area contributed by atoms with Crippen LogP contribution >= 0.6 is 11.6 Å². The molecule has 0 radical (unpaired) electrons. The number of anilines is 1. The summed E-state index contributed by atoms with van der Waals surface area (Å²) < 4.78 is 0. The molecule has 1 aliphatic carbocycles. The number of rotatable bonds is 4. The predicted molar refractivity (Wildman–Crippen MR) is 81.8 cm³/mol. The van der Waals surface area contributed by atoms with Gasteiger partial charge >= 0.3 is 0 Å². The Morgan fingerprint density at radius 2 is 2.16 bits per heavy atom. The number of pyridine rings is 1. The summed E-state index contributed by atoms with van der Waals surface area (Å²) in [5.74, 6) is 0. The highest BCUT2D eigenvalue weighted by atomic mass is 35.5. The molecule has 1 N–H and O–H groups in total. The Hall–Kier alpha value is -1.28. The summed E-state index contributed by atoms with van der Waals surface area (Å²) in [5.41, 5.74) is 2.64. The summed E-state index contributed by atoms with van der Waals surface area (Å²) in [6, 6.07) is 7.95. The molecule has 0 aliphatic heterocycles. The van der Waals surface area contributed by atoms with Gasteiger partial charge in [-0.1, -0.05) is 24.9 Å². The highest BCUT2D eigenvalue weighted by Crippen LogP contribution is 2.43. The average molecular weight is 275 g/mol. The summed E-state index contributed by atoms with van der Waals surface area (Å²) in [4.78, 5) is 4.38. The van der Waals surface area contributed by atoms with Gasteiger partial charge in [-0.05, 0) is 48.9 Å². The normalized spacial score (nSPS) is 17.2. The van der Waals surface area contributed by atoms with Gasteiger partial charge in [0.2, 0.25) is 0 Å². The van der Waals surface area contributed by atoms with Gasteiger partial charge in [-0.2, -0.15) is 0 Å². The van der Waals surface area contributed by atoms with Crippen molar-refractivity contribution < 1.29 is 0 Å². The zero-order chi connectivity index (χ0) is 13.3. The van der Waals surface area contributed by atoms with Gasteiger partial charge in [0, 0.05) is 28.8 Å². The highest BCUT2D eigenvalue weighted by Gasteiger charge is 2.34. The first-order valence-corrected chi connectivity index (χ1v) is 7.38. The Morgan fingerprint density at radius 3 is 2.84 bits per heavy atom. The van der Waals surface area contributed by atoms with Crippen LogP contribution in [0.15, 0.2) is 30.5 Å². The lowest BCUT2D eigenvalue weighted by Gasteiger charge is -2.41. The molecule has 1 aliphatic rings. The largest absolute Gasteiger partial charge is 0.384 e. The molecule has 0 spiro atoms. The molecule has 1 fully saturated rings. The number of hydrogen-bond donors (Lipinski definition) is 1. The van der Waals surface area contributed by atoms with Gasteiger partial charge < -0.3 is 5.32 Å². The van der Waals surface area contributed by atoms with Crippen LogP contribution in [-0.2, 0) is 0 Å². The lowest BCUT2D eigenvalue weighted by atomic mass is 9.67. The van der Waals surface area contributed by atoms with Crippen LogP contribution in [0.2, 0.25) is 5.02 Å². The van der Waals surface area contributed by atoms with Crippen molar-refractivity contribution >= 4 is 28.2 Å². The number of nitrogens with one attached hydrogen (secondary N) is 1. The molecule has 0 unspecified atom stereocenters. The van der Waals surface area contributed by atoms with E-state index in [-0.39, 0.29) is 0 Å². The Balaban J connectivity index is 1.84. The van der Waals surface area contributed by atoms with Gasteiger partial charge in [0.15, 0.2) is 0 Å². The molecule has 0 amide bonds. The standard InChI is InChI=1S/C16H19ClN2/c1-2-16(7-3-8-16)11-19-14-6-9-18-15-10-12(17)4-5-13(14)15/h4-6,9-10H,2-3,7-8,11H2,1H3,(H,18,19). The number of fused-ring (bicyclic) bond motifs is 1. The van der Waals surface area contributed by atoms with Crippen molar-refractivity contribution in [1.82, 2.24) is 4.98 Å². The quantitative estimate of drug-likeness (QED) is 0.859. The molecule has 1 saturated carbocycles. The van der Waals surface area contributed by atoms with Gasteiger partial charge in [0.1, 0.15) is 0 Å². The van der Waals surface area contributed by atoms with Crippen LogP contribution in [0.25, 0.3) is 10.9 Å². The smallest absolute Gasteiger partial charge is 0.0737 e. The molecule has 1 aromatic heterocycles. The van der Waals surface area contributed by atoms with Crippen molar-refractivity contribution in [3.05, 3.63) is 35.5 Å². The summed E-state index contributed by atoms with van der Waals surface area (Å²) in [6.07, 6.45) is 7.19. The van der Waals surface area contributed by atoms with Crippen LogP contribution in [0.5, 0.6) is 0 Å². The Kier molecular flexibility index (Phi) is 3.36. The highest BCUT2D eigenvalue weighted by molar-refractivity contribution is 6.31. The molecule has 2 aromatic rings. The van der Waals surface area contributed by atoms with E-state index in [4.69, 9.17) is 11.6 Å². The summed E-state index contributed by atoms with van der Waals surface area (Å²) >= 11 is 6.01. The molecular formula is C16H19ClN2. The van der Waals surface area contributed by atoms with E-state index in [0.29, 0.717) is 5.41 Å². The predicted octanol–water partition coefficient (Wildman–Crippen LogP) is 4.88. The van der Waals surface area contributed by atoms with Crippen LogP contribution < -0.4 is 5.32 Å². The van der Waals surface area contributed by atoms with Crippen LogP contribution in [0, 0.1) is 5.41 Å². The molecule has 100 valence electrons. The molecule has 19 heavy (non-hydrogen) atoms. The van der Waals surface area contributed by atoms with E-state index in [1.807, 2.05) is 24.4 Å². The van der Waals surface area contributed by atoms with E-state index in [1.165, 1.54) is 31.4 Å². The third-order valence-corrected chi connectivity index (χ3v) is 4.76. The maximum absolute atomic E-state index is 6.01. The Labute approximate surface area is 119 Å². The van der Waals surface area contributed by atoms with E-state index in [2.05, 4.69) is 23.3 Å². The van der Waals surface area contributed by atoms with Gasteiger partial charge in [0.25, 0.3) is 0 Å². The molecule has 1 aromatic carbocycles. The van der Waals surface area contributed by atoms with Gasteiger partial charge in [-0.15, -0.1) is 0 Å². The second-order valence-corrected chi connectivity index (χ2v) is 6.02. The molecule has 0 saturated heterocycles.